The lowest BCUT2D eigenvalue weighted by atomic mass is 9.79. The minimum Gasteiger partial charge on any atom is -0.507 e. The second kappa shape index (κ2) is 3.37. The summed E-state index contributed by atoms with van der Waals surface area (Å²) in [6, 6.07) is 0. The van der Waals surface area contributed by atoms with Crippen LogP contribution in [0.15, 0.2) is 10.7 Å². The Hall–Kier alpha value is -0.440. The van der Waals surface area contributed by atoms with Crippen molar-refractivity contribution in [2.75, 3.05) is 12.5 Å². The Morgan fingerprint density at radius 1 is 1.31 bits per heavy atom. The fourth-order valence-corrected chi connectivity index (χ4v) is 2.81. The molecule has 1 aliphatic carbocycles. The zero-order valence-corrected chi connectivity index (χ0v) is 9.49. The van der Waals surface area contributed by atoms with Crippen LogP contribution < -0.4 is 0 Å². The predicted octanol–water partition coefficient (Wildman–Crippen LogP) is 2.02. The van der Waals surface area contributed by atoms with E-state index in [1.165, 1.54) is 0 Å². The first-order chi connectivity index (χ1) is 5.83. The number of carbonyl (C=O) groups is 1. The highest BCUT2D eigenvalue weighted by atomic mass is 32.2. The van der Waals surface area contributed by atoms with Crippen molar-refractivity contribution < 1.29 is 9.90 Å². The van der Waals surface area contributed by atoms with Crippen LogP contribution >= 0.6 is 0 Å². The second-order valence-electron chi connectivity index (χ2n) is 4.53. The molecular weight excluding hydrogens is 184 g/mol. The fraction of sp³-hybridized carbons (Fsp3) is 0.700. The van der Waals surface area contributed by atoms with Crippen LogP contribution in [0.4, 0.5) is 0 Å². The summed E-state index contributed by atoms with van der Waals surface area (Å²) in [5.74, 6) is 0.441. The van der Waals surface area contributed by atoms with Gasteiger partial charge in [0.25, 0.3) is 0 Å². The fourth-order valence-electron chi connectivity index (χ4n) is 1.74. The van der Waals surface area contributed by atoms with Gasteiger partial charge in [0.05, 0.1) is 0 Å². The predicted molar refractivity (Wildman–Crippen MR) is 56.9 cm³/mol. The molecule has 0 saturated carbocycles. The lowest BCUT2D eigenvalue weighted by Gasteiger charge is -2.27. The third-order valence-electron chi connectivity index (χ3n) is 2.21. The van der Waals surface area contributed by atoms with Crippen LogP contribution in [0.2, 0.25) is 0 Å². The van der Waals surface area contributed by atoms with Gasteiger partial charge in [-0.15, -0.1) is 0 Å². The highest BCUT2D eigenvalue weighted by molar-refractivity contribution is 8.00. The van der Waals surface area contributed by atoms with Gasteiger partial charge in [0.15, 0.2) is 5.76 Å². The average Bonchev–Trinajstić information content (AvgIpc) is 1.78. The maximum absolute atomic E-state index is 11.7. The summed E-state index contributed by atoms with van der Waals surface area (Å²) < 4.78 is 0. The molecule has 0 spiro atoms. The van der Waals surface area contributed by atoms with E-state index in [1.54, 1.807) is 0 Å². The van der Waals surface area contributed by atoms with E-state index in [1.807, 2.05) is 26.4 Å². The number of hydrogen-bond acceptors (Lipinski definition) is 2. The van der Waals surface area contributed by atoms with E-state index in [2.05, 4.69) is 0 Å². The number of carbonyl (C=O) groups excluding carboxylic acids is 1. The standard InChI is InChI=1S/C10H16O2S/c1-10(2)5-7(11)9(13(3)4)8(12)6-10/h5-6H2,1-4H3/p+1. The SMILES string of the molecule is C[S+](C)C1=C(O)CC(C)(C)CC1=O. The summed E-state index contributed by atoms with van der Waals surface area (Å²) in [4.78, 5) is 12.3. The Labute approximate surface area is 82.4 Å². The topological polar surface area (TPSA) is 37.3 Å². The van der Waals surface area contributed by atoms with E-state index >= 15 is 0 Å². The summed E-state index contributed by atoms with van der Waals surface area (Å²) in [5.41, 5.74) is -0.0654. The Kier molecular flexibility index (Phi) is 2.76. The van der Waals surface area contributed by atoms with Crippen LogP contribution in [0.5, 0.6) is 0 Å². The maximum Gasteiger partial charge on any atom is 0.234 e. The molecule has 2 nitrogen and oxygen atoms in total. The normalized spacial score (nSPS) is 22.7. The van der Waals surface area contributed by atoms with Crippen molar-refractivity contribution >= 4 is 16.7 Å². The maximum atomic E-state index is 11.7. The smallest absolute Gasteiger partial charge is 0.234 e. The van der Waals surface area contributed by atoms with Crippen molar-refractivity contribution in [3.05, 3.63) is 10.7 Å². The minimum absolute atomic E-state index is 0.0654. The van der Waals surface area contributed by atoms with Gasteiger partial charge in [-0.05, 0) is 5.41 Å². The van der Waals surface area contributed by atoms with Gasteiger partial charge >= 0.3 is 0 Å². The lowest BCUT2D eigenvalue weighted by molar-refractivity contribution is -0.117. The van der Waals surface area contributed by atoms with Gasteiger partial charge in [0, 0.05) is 23.7 Å². The van der Waals surface area contributed by atoms with Gasteiger partial charge in [-0.3, -0.25) is 4.79 Å². The van der Waals surface area contributed by atoms with E-state index < -0.39 is 0 Å². The van der Waals surface area contributed by atoms with Crippen molar-refractivity contribution in [1.82, 2.24) is 0 Å². The van der Waals surface area contributed by atoms with E-state index in [-0.39, 0.29) is 22.1 Å². The molecule has 74 valence electrons. The van der Waals surface area contributed by atoms with Gasteiger partial charge < -0.3 is 5.11 Å². The quantitative estimate of drug-likeness (QED) is 0.659. The van der Waals surface area contributed by atoms with Gasteiger partial charge in [-0.25, -0.2) is 0 Å². The Balaban J connectivity index is 3.01. The number of allylic oxidation sites excluding steroid dienone is 2. The lowest BCUT2D eigenvalue weighted by Crippen LogP contribution is -2.28. The van der Waals surface area contributed by atoms with Crippen molar-refractivity contribution in [1.29, 1.82) is 0 Å². The monoisotopic (exact) mass is 201 g/mol. The number of Topliss-reactive ketones (excluding diaryl/α,β-unsaturated/α-hetero) is 1. The van der Waals surface area contributed by atoms with Crippen molar-refractivity contribution in [2.24, 2.45) is 5.41 Å². The number of rotatable bonds is 1. The van der Waals surface area contributed by atoms with Crippen LogP contribution in [-0.4, -0.2) is 23.4 Å². The van der Waals surface area contributed by atoms with Gasteiger partial charge in [0.1, 0.15) is 12.5 Å². The van der Waals surface area contributed by atoms with Crippen LogP contribution in [0.3, 0.4) is 0 Å². The average molecular weight is 201 g/mol. The molecule has 0 radical (unpaired) electrons. The molecule has 1 aliphatic rings. The first-order valence-corrected chi connectivity index (χ1v) is 6.40. The van der Waals surface area contributed by atoms with Gasteiger partial charge in [0.2, 0.25) is 10.7 Å². The molecule has 0 aliphatic heterocycles. The number of ketones is 1. The molecule has 0 amide bonds. The molecule has 0 atom stereocenters. The number of hydrogen-bond donors (Lipinski definition) is 1. The Morgan fingerprint density at radius 2 is 1.85 bits per heavy atom. The Bertz CT molecular complexity index is 264. The van der Waals surface area contributed by atoms with Crippen molar-refractivity contribution in [3.8, 4) is 0 Å². The van der Waals surface area contributed by atoms with E-state index in [4.69, 9.17) is 0 Å². The molecule has 0 heterocycles. The minimum atomic E-state index is -0.115. The first-order valence-electron chi connectivity index (χ1n) is 4.36. The number of aliphatic hydroxyl groups is 1. The molecule has 1 N–H and O–H groups in total. The summed E-state index contributed by atoms with van der Waals surface area (Å²) in [7, 11) is -0.115. The zero-order chi connectivity index (χ0) is 10.2. The largest absolute Gasteiger partial charge is 0.507 e. The van der Waals surface area contributed by atoms with E-state index in [0.29, 0.717) is 23.5 Å². The highest BCUT2D eigenvalue weighted by Crippen LogP contribution is 2.37. The summed E-state index contributed by atoms with van der Waals surface area (Å²) >= 11 is 0. The molecule has 0 aromatic heterocycles. The molecule has 13 heavy (non-hydrogen) atoms. The van der Waals surface area contributed by atoms with Crippen LogP contribution in [0.1, 0.15) is 26.7 Å². The summed E-state index contributed by atoms with van der Waals surface area (Å²) in [5, 5.41) is 9.71. The van der Waals surface area contributed by atoms with Crippen LogP contribution in [0, 0.1) is 5.41 Å². The molecule has 0 saturated heterocycles. The molecule has 0 aromatic rings. The third kappa shape index (κ3) is 2.27. The molecule has 0 aromatic carbocycles. The molecular formula is C10H17O2S+. The molecule has 1 rings (SSSR count). The van der Waals surface area contributed by atoms with E-state index in [0.717, 1.165) is 0 Å². The summed E-state index contributed by atoms with van der Waals surface area (Å²) in [6.07, 6.45) is 5.15. The molecule has 3 heteroatoms. The highest BCUT2D eigenvalue weighted by Gasteiger charge is 2.38. The number of aliphatic hydroxyl groups excluding tert-OH is 1. The van der Waals surface area contributed by atoms with Crippen LogP contribution in [0.25, 0.3) is 0 Å². The molecule has 0 unspecified atom stereocenters. The summed E-state index contributed by atoms with van der Waals surface area (Å²) in [6.45, 7) is 4.03. The molecule has 0 bridgehead atoms. The molecule has 0 fully saturated rings. The first kappa shape index (κ1) is 10.6. The Morgan fingerprint density at radius 3 is 2.23 bits per heavy atom. The zero-order valence-electron chi connectivity index (χ0n) is 8.68. The van der Waals surface area contributed by atoms with Gasteiger partial charge in [-0.2, -0.15) is 0 Å². The van der Waals surface area contributed by atoms with Crippen molar-refractivity contribution in [3.63, 3.8) is 0 Å². The third-order valence-corrected chi connectivity index (χ3v) is 3.49. The van der Waals surface area contributed by atoms with Crippen LogP contribution in [-0.2, 0) is 15.7 Å². The van der Waals surface area contributed by atoms with Gasteiger partial charge in [-0.1, -0.05) is 13.8 Å². The van der Waals surface area contributed by atoms with E-state index in [9.17, 15) is 9.90 Å². The second-order valence-corrected chi connectivity index (χ2v) is 6.57. The van der Waals surface area contributed by atoms with Crippen molar-refractivity contribution in [2.45, 2.75) is 26.7 Å².